The lowest BCUT2D eigenvalue weighted by molar-refractivity contribution is -0.116. The highest BCUT2D eigenvalue weighted by Gasteiger charge is 2.13. The fourth-order valence-corrected chi connectivity index (χ4v) is 2.95. The first kappa shape index (κ1) is 20.4. The molecule has 0 aliphatic carbocycles. The van der Waals surface area contributed by atoms with E-state index in [9.17, 15) is 9.59 Å². The van der Waals surface area contributed by atoms with E-state index in [-0.39, 0.29) is 18.4 Å². The van der Waals surface area contributed by atoms with Crippen molar-refractivity contribution in [1.29, 1.82) is 0 Å². The number of benzene rings is 2. The van der Waals surface area contributed by atoms with Crippen LogP contribution in [0.15, 0.2) is 48.5 Å². The zero-order valence-electron chi connectivity index (χ0n) is 16.3. The predicted molar refractivity (Wildman–Crippen MR) is 113 cm³/mol. The first-order valence-corrected chi connectivity index (χ1v) is 9.30. The zero-order chi connectivity index (χ0) is 21.0. The van der Waals surface area contributed by atoms with Gasteiger partial charge in [-0.05, 0) is 50.2 Å². The molecule has 8 heteroatoms. The number of aryl methyl sites for hydroxylation is 1. The maximum Gasteiger partial charge on any atom is 0.255 e. The molecular formula is C21H21ClN4O3. The molecule has 0 bridgehead atoms. The van der Waals surface area contributed by atoms with E-state index in [4.69, 9.17) is 16.3 Å². The van der Waals surface area contributed by atoms with Crippen LogP contribution >= 0.6 is 11.6 Å². The molecule has 2 aromatic carbocycles. The third-order valence-electron chi connectivity index (χ3n) is 4.37. The number of hydrogen-bond acceptors (Lipinski definition) is 4. The van der Waals surface area contributed by atoms with E-state index in [0.29, 0.717) is 33.4 Å². The van der Waals surface area contributed by atoms with Crippen LogP contribution in [0.3, 0.4) is 0 Å². The van der Waals surface area contributed by atoms with Crippen molar-refractivity contribution < 1.29 is 14.3 Å². The number of nitrogens with one attached hydrogen (secondary N) is 2. The molecular weight excluding hydrogens is 392 g/mol. The normalized spacial score (nSPS) is 10.5. The van der Waals surface area contributed by atoms with E-state index in [2.05, 4.69) is 15.7 Å². The summed E-state index contributed by atoms with van der Waals surface area (Å²) in [6.45, 7) is 3.65. The minimum absolute atomic E-state index is 0.0510. The van der Waals surface area contributed by atoms with E-state index in [0.717, 1.165) is 5.69 Å². The highest BCUT2D eigenvalue weighted by Crippen LogP contribution is 2.24. The molecule has 0 saturated carbocycles. The number of hydrogen-bond donors (Lipinski definition) is 2. The lowest BCUT2D eigenvalue weighted by Gasteiger charge is -2.10. The van der Waals surface area contributed by atoms with Gasteiger partial charge in [0.05, 0.1) is 29.2 Å². The van der Waals surface area contributed by atoms with Crippen molar-refractivity contribution in [3.05, 3.63) is 70.5 Å². The van der Waals surface area contributed by atoms with E-state index in [1.54, 1.807) is 55.1 Å². The molecule has 0 aliphatic heterocycles. The van der Waals surface area contributed by atoms with Gasteiger partial charge in [0, 0.05) is 11.3 Å². The third-order valence-corrected chi connectivity index (χ3v) is 4.92. The van der Waals surface area contributed by atoms with Crippen molar-refractivity contribution in [2.24, 2.45) is 0 Å². The Hall–Kier alpha value is -3.32. The van der Waals surface area contributed by atoms with Crippen LogP contribution in [0.2, 0.25) is 5.02 Å². The number of anilines is 2. The molecule has 1 heterocycles. The number of ether oxygens (including phenoxy) is 1. The summed E-state index contributed by atoms with van der Waals surface area (Å²) in [7, 11) is 1.54. The number of amides is 2. The second-order valence-electron chi connectivity index (χ2n) is 6.42. The Morgan fingerprint density at radius 3 is 2.38 bits per heavy atom. The van der Waals surface area contributed by atoms with Gasteiger partial charge >= 0.3 is 0 Å². The first-order valence-electron chi connectivity index (χ1n) is 8.93. The lowest BCUT2D eigenvalue weighted by Crippen LogP contribution is -2.20. The van der Waals surface area contributed by atoms with Crippen LogP contribution in [0.5, 0.6) is 5.75 Å². The summed E-state index contributed by atoms with van der Waals surface area (Å²) in [6.07, 6.45) is 0. The average molecular weight is 413 g/mol. The number of carbonyl (C=O) groups is 2. The zero-order valence-corrected chi connectivity index (χ0v) is 17.1. The molecule has 0 aliphatic rings. The van der Waals surface area contributed by atoms with E-state index >= 15 is 0 Å². The summed E-state index contributed by atoms with van der Waals surface area (Å²) in [6, 6.07) is 13.8. The molecule has 0 unspecified atom stereocenters. The van der Waals surface area contributed by atoms with Crippen LogP contribution in [-0.4, -0.2) is 28.7 Å². The Balaban J connectivity index is 1.63. The summed E-state index contributed by atoms with van der Waals surface area (Å²) < 4.78 is 6.79. The molecule has 0 radical (unpaired) electrons. The molecule has 0 spiro atoms. The van der Waals surface area contributed by atoms with Crippen LogP contribution in [0.1, 0.15) is 21.7 Å². The first-order chi connectivity index (χ1) is 13.9. The Kier molecular flexibility index (Phi) is 6.19. The number of halogens is 1. The summed E-state index contributed by atoms with van der Waals surface area (Å²) in [4.78, 5) is 24.7. The van der Waals surface area contributed by atoms with Crippen molar-refractivity contribution >= 4 is 34.8 Å². The van der Waals surface area contributed by atoms with Crippen molar-refractivity contribution in [3.8, 4) is 5.75 Å². The molecule has 0 saturated heterocycles. The maximum absolute atomic E-state index is 12.5. The maximum atomic E-state index is 12.5. The van der Waals surface area contributed by atoms with E-state index in [1.165, 1.54) is 0 Å². The van der Waals surface area contributed by atoms with Crippen LogP contribution in [0.25, 0.3) is 0 Å². The molecule has 150 valence electrons. The average Bonchev–Trinajstić information content (AvgIpc) is 2.95. The predicted octanol–water partition coefficient (Wildman–Crippen LogP) is 4.05. The number of methoxy groups -OCH3 is 1. The number of para-hydroxylation sites is 2. The second kappa shape index (κ2) is 8.79. The Morgan fingerprint density at radius 2 is 1.76 bits per heavy atom. The van der Waals surface area contributed by atoms with Crippen molar-refractivity contribution in [2.45, 2.75) is 20.4 Å². The van der Waals surface area contributed by atoms with Gasteiger partial charge in [-0.2, -0.15) is 5.10 Å². The van der Waals surface area contributed by atoms with Gasteiger partial charge in [-0.3, -0.25) is 14.3 Å². The second-order valence-corrected chi connectivity index (χ2v) is 6.80. The molecule has 0 fully saturated rings. The molecule has 1 aromatic heterocycles. The molecule has 3 aromatic rings. The van der Waals surface area contributed by atoms with Crippen molar-refractivity contribution in [1.82, 2.24) is 9.78 Å². The van der Waals surface area contributed by atoms with E-state index in [1.807, 2.05) is 19.1 Å². The molecule has 3 rings (SSSR count). The molecule has 2 N–H and O–H groups in total. The molecule has 29 heavy (non-hydrogen) atoms. The standard InChI is InChI=1S/C21H21ClN4O3/c1-13-20(22)14(2)26(25-13)12-19(27)23-16-10-8-15(9-11-16)21(28)24-17-6-4-5-7-18(17)29-3/h4-11H,12H2,1-3H3,(H,23,27)(H,24,28). The number of aromatic nitrogens is 2. The summed E-state index contributed by atoms with van der Waals surface area (Å²) in [5, 5.41) is 10.4. The Labute approximate surface area is 173 Å². The van der Waals surface area contributed by atoms with Crippen molar-refractivity contribution in [3.63, 3.8) is 0 Å². The van der Waals surface area contributed by atoms with Gasteiger partial charge in [-0.15, -0.1) is 0 Å². The minimum atomic E-state index is -0.273. The fraction of sp³-hybridized carbons (Fsp3) is 0.190. The fourth-order valence-electron chi connectivity index (χ4n) is 2.81. The van der Waals surface area contributed by atoms with Crippen LogP contribution < -0.4 is 15.4 Å². The van der Waals surface area contributed by atoms with Gasteiger partial charge < -0.3 is 15.4 Å². The van der Waals surface area contributed by atoms with Crippen LogP contribution in [-0.2, 0) is 11.3 Å². The smallest absolute Gasteiger partial charge is 0.255 e. The van der Waals surface area contributed by atoms with Crippen molar-refractivity contribution in [2.75, 3.05) is 17.7 Å². The van der Waals surface area contributed by atoms with Crippen LogP contribution in [0.4, 0.5) is 11.4 Å². The van der Waals surface area contributed by atoms with Gasteiger partial charge in [0.15, 0.2) is 0 Å². The van der Waals surface area contributed by atoms with E-state index < -0.39 is 0 Å². The topological polar surface area (TPSA) is 85.3 Å². The third kappa shape index (κ3) is 4.75. The van der Waals surface area contributed by atoms with Crippen LogP contribution in [0, 0.1) is 13.8 Å². The van der Waals surface area contributed by atoms with Gasteiger partial charge in [0.2, 0.25) is 5.91 Å². The summed E-state index contributed by atoms with van der Waals surface area (Å²) in [5.41, 5.74) is 3.04. The number of carbonyl (C=O) groups excluding carboxylic acids is 2. The summed E-state index contributed by atoms with van der Waals surface area (Å²) >= 11 is 6.11. The molecule has 2 amide bonds. The van der Waals surface area contributed by atoms with Gasteiger partial charge in [-0.1, -0.05) is 23.7 Å². The van der Waals surface area contributed by atoms with Gasteiger partial charge in [0.25, 0.3) is 5.91 Å². The van der Waals surface area contributed by atoms with Gasteiger partial charge in [-0.25, -0.2) is 0 Å². The highest BCUT2D eigenvalue weighted by atomic mass is 35.5. The largest absolute Gasteiger partial charge is 0.495 e. The van der Waals surface area contributed by atoms with Gasteiger partial charge in [0.1, 0.15) is 12.3 Å². The Bertz CT molecular complexity index is 1040. The monoisotopic (exact) mass is 412 g/mol. The molecule has 7 nitrogen and oxygen atoms in total. The quantitative estimate of drug-likeness (QED) is 0.639. The lowest BCUT2D eigenvalue weighted by atomic mass is 10.2. The highest BCUT2D eigenvalue weighted by molar-refractivity contribution is 6.31. The summed E-state index contributed by atoms with van der Waals surface area (Å²) in [5.74, 6) is 0.0668. The number of nitrogens with zero attached hydrogens (tertiary/aromatic N) is 2. The minimum Gasteiger partial charge on any atom is -0.495 e. The Morgan fingerprint density at radius 1 is 1.07 bits per heavy atom. The number of rotatable bonds is 6. The molecule has 0 atom stereocenters. The SMILES string of the molecule is COc1ccccc1NC(=O)c1ccc(NC(=O)Cn2nc(C)c(Cl)c2C)cc1.